The van der Waals surface area contributed by atoms with Gasteiger partial charge in [0.1, 0.15) is 12.1 Å². The normalized spacial score (nSPS) is 10.6. The third-order valence-electron chi connectivity index (χ3n) is 4.03. The van der Waals surface area contributed by atoms with E-state index in [0.717, 1.165) is 28.0 Å². The Morgan fingerprint density at radius 2 is 2.00 bits per heavy atom. The average molecular weight is 328 g/mol. The first-order chi connectivity index (χ1) is 12.3. The van der Waals surface area contributed by atoms with Gasteiger partial charge in [0.25, 0.3) is 5.78 Å². The van der Waals surface area contributed by atoms with E-state index in [0.29, 0.717) is 12.3 Å². The Bertz CT molecular complexity index is 1100. The van der Waals surface area contributed by atoms with Crippen LogP contribution in [0.3, 0.4) is 0 Å². The Kier molecular flexibility index (Phi) is 3.77. The van der Waals surface area contributed by atoms with Crippen LogP contribution in [0, 0.1) is 11.8 Å². The zero-order chi connectivity index (χ0) is 17.2. The number of nitrogens with zero attached hydrogens (tertiary/aromatic N) is 5. The van der Waals surface area contributed by atoms with Crippen molar-refractivity contribution < 1.29 is 0 Å². The lowest BCUT2D eigenvalue weighted by molar-refractivity contribution is 1.08. The Balaban J connectivity index is 1.97. The van der Waals surface area contributed by atoms with Gasteiger partial charge in [0.2, 0.25) is 0 Å². The van der Waals surface area contributed by atoms with E-state index in [-0.39, 0.29) is 0 Å². The molecule has 25 heavy (non-hydrogen) atoms. The molecule has 0 saturated heterocycles. The fraction of sp³-hybridized carbons (Fsp3) is 0.105. The second-order valence-electron chi connectivity index (χ2n) is 5.57. The van der Waals surface area contributed by atoms with Crippen LogP contribution in [-0.4, -0.2) is 33.2 Å². The number of fused-ring (bicyclic) bond motifs is 3. The molecule has 0 bridgehead atoms. The first-order valence-corrected chi connectivity index (χ1v) is 7.89. The van der Waals surface area contributed by atoms with Gasteiger partial charge in [0.05, 0.1) is 12.1 Å². The highest BCUT2D eigenvalue weighted by Gasteiger charge is 2.14. The molecule has 6 nitrogen and oxygen atoms in total. The summed E-state index contributed by atoms with van der Waals surface area (Å²) < 4.78 is 1.87. The van der Waals surface area contributed by atoms with Crippen molar-refractivity contribution in [1.29, 1.82) is 0 Å². The summed E-state index contributed by atoms with van der Waals surface area (Å²) in [7, 11) is 1.99. The smallest absolute Gasteiger partial charge is 0.257 e. The van der Waals surface area contributed by atoms with E-state index >= 15 is 0 Å². The van der Waals surface area contributed by atoms with Gasteiger partial charge in [-0.05, 0) is 30.3 Å². The zero-order valence-electron chi connectivity index (χ0n) is 13.7. The second-order valence-corrected chi connectivity index (χ2v) is 5.57. The van der Waals surface area contributed by atoms with E-state index in [2.05, 4.69) is 22.0 Å². The molecule has 4 aromatic rings. The molecular weight excluding hydrogens is 312 g/mol. The molecule has 6 heteroatoms. The van der Waals surface area contributed by atoms with Gasteiger partial charge in [-0.15, -0.1) is 10.2 Å². The average Bonchev–Trinajstić information content (AvgIpc) is 3.14. The maximum Gasteiger partial charge on any atom is 0.257 e. The molecule has 0 radical (unpaired) electrons. The first kappa shape index (κ1) is 15.1. The topological polar surface area (TPSA) is 72.3 Å². The van der Waals surface area contributed by atoms with E-state index in [1.807, 2.05) is 64.9 Å². The third-order valence-corrected chi connectivity index (χ3v) is 4.03. The molecule has 2 aromatic carbocycles. The van der Waals surface area contributed by atoms with Gasteiger partial charge < -0.3 is 10.6 Å². The fourth-order valence-corrected chi connectivity index (χ4v) is 2.81. The van der Waals surface area contributed by atoms with Crippen molar-refractivity contribution in [2.24, 2.45) is 5.73 Å². The number of hydrogen-bond acceptors (Lipinski definition) is 5. The summed E-state index contributed by atoms with van der Waals surface area (Å²) >= 11 is 0. The van der Waals surface area contributed by atoms with E-state index in [1.165, 1.54) is 0 Å². The Morgan fingerprint density at radius 3 is 2.80 bits per heavy atom. The zero-order valence-corrected chi connectivity index (χ0v) is 13.7. The molecule has 0 unspecified atom stereocenters. The molecular formula is C19H16N6. The van der Waals surface area contributed by atoms with Crippen molar-refractivity contribution in [2.75, 3.05) is 18.5 Å². The fourth-order valence-electron chi connectivity index (χ4n) is 2.81. The van der Waals surface area contributed by atoms with E-state index in [4.69, 9.17) is 10.7 Å². The summed E-state index contributed by atoms with van der Waals surface area (Å²) in [5.74, 6) is 7.33. The highest BCUT2D eigenvalue weighted by molar-refractivity contribution is 5.94. The molecule has 2 aromatic heterocycles. The number of para-hydroxylation sites is 1. The van der Waals surface area contributed by atoms with Crippen LogP contribution in [-0.2, 0) is 0 Å². The summed E-state index contributed by atoms with van der Waals surface area (Å²) in [5.41, 5.74) is 8.38. The monoisotopic (exact) mass is 328 g/mol. The number of nitrogens with two attached hydrogens (primary N) is 1. The summed E-state index contributed by atoms with van der Waals surface area (Å²) in [6.07, 6.45) is 1.66. The quantitative estimate of drug-likeness (QED) is 0.572. The van der Waals surface area contributed by atoms with Gasteiger partial charge in [0.15, 0.2) is 0 Å². The predicted molar refractivity (Wildman–Crippen MR) is 98.7 cm³/mol. The third kappa shape index (κ3) is 2.67. The standard InChI is InChI=1S/C19H16N6/c1-24(15-7-3-2-4-8-15)18-16-10-9-14(6-5-11-20)12-17(16)25-13-21-23-19(25)22-18/h2-4,7-10,12-13H,11,20H2,1H3. The lowest BCUT2D eigenvalue weighted by atomic mass is 10.1. The van der Waals surface area contributed by atoms with Crippen molar-refractivity contribution in [2.45, 2.75) is 0 Å². The summed E-state index contributed by atoms with van der Waals surface area (Å²) in [6.45, 7) is 0.332. The van der Waals surface area contributed by atoms with Gasteiger partial charge in [-0.1, -0.05) is 30.0 Å². The summed E-state index contributed by atoms with van der Waals surface area (Å²) in [4.78, 5) is 6.73. The van der Waals surface area contributed by atoms with Crippen molar-refractivity contribution in [1.82, 2.24) is 19.6 Å². The minimum absolute atomic E-state index is 0.332. The van der Waals surface area contributed by atoms with Crippen molar-refractivity contribution in [3.63, 3.8) is 0 Å². The van der Waals surface area contributed by atoms with Gasteiger partial charge >= 0.3 is 0 Å². The van der Waals surface area contributed by atoms with E-state index in [9.17, 15) is 0 Å². The minimum atomic E-state index is 0.332. The van der Waals surface area contributed by atoms with Gasteiger partial charge in [-0.3, -0.25) is 4.40 Å². The van der Waals surface area contributed by atoms with Crippen molar-refractivity contribution in [3.05, 3.63) is 60.4 Å². The van der Waals surface area contributed by atoms with Crippen LogP contribution < -0.4 is 10.6 Å². The van der Waals surface area contributed by atoms with E-state index in [1.54, 1.807) is 6.33 Å². The largest absolute Gasteiger partial charge is 0.329 e. The predicted octanol–water partition coefficient (Wildman–Crippen LogP) is 2.36. The van der Waals surface area contributed by atoms with Crippen LogP contribution in [0.4, 0.5) is 11.5 Å². The maximum atomic E-state index is 5.48. The second kappa shape index (κ2) is 6.23. The number of benzene rings is 2. The minimum Gasteiger partial charge on any atom is -0.329 e. The van der Waals surface area contributed by atoms with Crippen molar-refractivity contribution >= 4 is 28.2 Å². The molecule has 0 saturated carbocycles. The van der Waals surface area contributed by atoms with Crippen molar-refractivity contribution in [3.8, 4) is 11.8 Å². The molecule has 2 heterocycles. The SMILES string of the molecule is CN(c1ccccc1)c1nc2nncn2c2cc(C#CCN)ccc12. The molecule has 0 atom stereocenters. The van der Waals surface area contributed by atoms with Crippen LogP contribution in [0.5, 0.6) is 0 Å². The Hall–Kier alpha value is -3.43. The summed E-state index contributed by atoms with van der Waals surface area (Å²) in [6, 6.07) is 16.1. The van der Waals surface area contributed by atoms with Gasteiger partial charge in [0, 0.05) is 23.7 Å². The number of hydrogen-bond donors (Lipinski definition) is 1. The molecule has 0 aliphatic rings. The molecule has 0 spiro atoms. The van der Waals surface area contributed by atoms with Crippen LogP contribution in [0.1, 0.15) is 5.56 Å². The molecule has 0 fully saturated rings. The Labute approximate surface area is 144 Å². The lowest BCUT2D eigenvalue weighted by Gasteiger charge is -2.20. The first-order valence-electron chi connectivity index (χ1n) is 7.89. The number of anilines is 2. The lowest BCUT2D eigenvalue weighted by Crippen LogP contribution is -2.12. The number of rotatable bonds is 2. The summed E-state index contributed by atoms with van der Waals surface area (Å²) in [5, 5.41) is 9.11. The maximum absolute atomic E-state index is 5.48. The highest BCUT2D eigenvalue weighted by Crippen LogP contribution is 2.30. The molecule has 4 rings (SSSR count). The molecule has 0 aliphatic heterocycles. The molecule has 122 valence electrons. The van der Waals surface area contributed by atoms with Crippen LogP contribution in [0.15, 0.2) is 54.9 Å². The van der Waals surface area contributed by atoms with Gasteiger partial charge in [-0.25, -0.2) is 0 Å². The van der Waals surface area contributed by atoms with E-state index < -0.39 is 0 Å². The number of aromatic nitrogens is 4. The molecule has 2 N–H and O–H groups in total. The Morgan fingerprint density at radius 1 is 1.16 bits per heavy atom. The van der Waals surface area contributed by atoms with Crippen LogP contribution >= 0.6 is 0 Å². The highest BCUT2D eigenvalue weighted by atomic mass is 15.3. The van der Waals surface area contributed by atoms with Crippen LogP contribution in [0.2, 0.25) is 0 Å². The molecule has 0 aliphatic carbocycles. The molecule has 0 amide bonds. The van der Waals surface area contributed by atoms with Gasteiger partial charge in [-0.2, -0.15) is 4.98 Å². The van der Waals surface area contributed by atoms with Crippen LogP contribution in [0.25, 0.3) is 16.7 Å².